The fraction of sp³-hybridized carbons (Fsp3) is 0.0625. The van der Waals surface area contributed by atoms with Crippen LogP contribution in [0.2, 0.25) is 0 Å². The van der Waals surface area contributed by atoms with E-state index in [4.69, 9.17) is 11.6 Å². The van der Waals surface area contributed by atoms with Crippen LogP contribution in [0.1, 0.15) is 11.1 Å². The number of sulfonamides is 1. The van der Waals surface area contributed by atoms with Crippen LogP contribution >= 0.6 is 11.6 Å². The molecule has 0 saturated carbocycles. The minimum atomic E-state index is -3.62. The molecule has 0 heterocycles. The number of carbonyl (C=O) groups is 1. The summed E-state index contributed by atoms with van der Waals surface area (Å²) in [5, 5.41) is -0.615. The molecule has 114 valence electrons. The highest BCUT2D eigenvalue weighted by Crippen LogP contribution is 2.13. The zero-order valence-electron chi connectivity index (χ0n) is 11.6. The number of hydrogen-bond donors (Lipinski definition) is 1. The molecule has 0 spiro atoms. The molecule has 0 aliphatic carbocycles. The van der Waals surface area contributed by atoms with Crippen LogP contribution in [0.4, 0.5) is 0 Å². The van der Waals surface area contributed by atoms with Gasteiger partial charge in [-0.15, -0.1) is 0 Å². The molecule has 22 heavy (non-hydrogen) atoms. The maximum absolute atomic E-state index is 12.3. The molecular formula is C16H14ClNO3S. The Kier molecular flexibility index (Phi) is 5.49. The summed E-state index contributed by atoms with van der Waals surface area (Å²) in [5.41, 5.74) is 1.45. The van der Waals surface area contributed by atoms with E-state index >= 15 is 0 Å². The van der Waals surface area contributed by atoms with Gasteiger partial charge in [-0.2, -0.15) is 0 Å². The average molecular weight is 336 g/mol. The molecule has 0 aromatic heterocycles. The van der Waals surface area contributed by atoms with Gasteiger partial charge in [0.05, 0.1) is 4.90 Å². The first-order valence-electron chi connectivity index (χ1n) is 6.48. The highest BCUT2D eigenvalue weighted by atomic mass is 35.5. The van der Waals surface area contributed by atoms with Crippen LogP contribution in [0.3, 0.4) is 0 Å². The molecule has 0 amide bonds. The first kappa shape index (κ1) is 16.4. The molecule has 0 unspecified atom stereocenters. The number of halogens is 1. The molecule has 0 aliphatic heterocycles. The van der Waals surface area contributed by atoms with Crippen molar-refractivity contribution in [2.24, 2.45) is 0 Å². The third-order valence-electron chi connectivity index (χ3n) is 2.88. The molecular weight excluding hydrogens is 322 g/mol. The van der Waals surface area contributed by atoms with Crippen LogP contribution in [-0.4, -0.2) is 13.7 Å². The smallest absolute Gasteiger partial charge is 0.245 e. The van der Waals surface area contributed by atoms with Gasteiger partial charge in [-0.3, -0.25) is 4.79 Å². The summed E-state index contributed by atoms with van der Waals surface area (Å²) >= 11 is 5.22. The number of benzene rings is 2. The van der Waals surface area contributed by atoms with Crippen LogP contribution in [0.15, 0.2) is 65.6 Å². The van der Waals surface area contributed by atoms with Crippen molar-refractivity contribution in [3.63, 3.8) is 0 Å². The lowest BCUT2D eigenvalue weighted by atomic mass is 10.2. The van der Waals surface area contributed by atoms with Gasteiger partial charge in [0.25, 0.3) is 0 Å². The summed E-state index contributed by atoms with van der Waals surface area (Å²) in [6.07, 6.45) is 2.64. The largest absolute Gasteiger partial charge is 0.276 e. The van der Waals surface area contributed by atoms with E-state index in [-0.39, 0.29) is 11.4 Å². The topological polar surface area (TPSA) is 63.2 Å². The van der Waals surface area contributed by atoms with Crippen molar-refractivity contribution in [2.45, 2.75) is 11.4 Å². The minimum absolute atomic E-state index is 0.132. The van der Waals surface area contributed by atoms with E-state index in [1.54, 1.807) is 12.1 Å². The Morgan fingerprint density at radius 2 is 1.82 bits per heavy atom. The van der Waals surface area contributed by atoms with E-state index in [1.165, 1.54) is 24.3 Å². The monoisotopic (exact) mass is 335 g/mol. The van der Waals surface area contributed by atoms with E-state index < -0.39 is 15.3 Å². The Morgan fingerprint density at radius 1 is 1.09 bits per heavy atom. The van der Waals surface area contributed by atoms with Gasteiger partial charge < -0.3 is 0 Å². The van der Waals surface area contributed by atoms with Crippen LogP contribution in [0.25, 0.3) is 6.08 Å². The second kappa shape index (κ2) is 7.35. The Morgan fingerprint density at radius 3 is 2.50 bits per heavy atom. The molecule has 2 rings (SSSR count). The maximum Gasteiger partial charge on any atom is 0.245 e. The molecule has 0 aliphatic rings. The van der Waals surface area contributed by atoms with E-state index in [0.29, 0.717) is 5.56 Å². The Hall–Kier alpha value is -1.95. The molecule has 6 heteroatoms. The van der Waals surface area contributed by atoms with Gasteiger partial charge in [-0.25, -0.2) is 13.1 Å². The predicted octanol–water partition coefficient (Wildman–Crippen LogP) is 2.94. The molecule has 0 atom stereocenters. The van der Waals surface area contributed by atoms with Crippen LogP contribution in [0, 0.1) is 0 Å². The van der Waals surface area contributed by atoms with Gasteiger partial charge in [0.15, 0.2) is 0 Å². The second-order valence-electron chi connectivity index (χ2n) is 4.52. The summed E-state index contributed by atoms with van der Waals surface area (Å²) in [5.74, 6) is 0. The molecule has 4 nitrogen and oxygen atoms in total. The molecule has 1 N–H and O–H groups in total. The summed E-state index contributed by atoms with van der Waals surface area (Å²) < 4.78 is 27.1. The van der Waals surface area contributed by atoms with Gasteiger partial charge in [-0.1, -0.05) is 48.5 Å². The minimum Gasteiger partial charge on any atom is -0.276 e. The lowest BCUT2D eigenvalue weighted by Crippen LogP contribution is -2.23. The van der Waals surface area contributed by atoms with Crippen molar-refractivity contribution in [1.82, 2.24) is 4.72 Å². The zero-order valence-corrected chi connectivity index (χ0v) is 13.1. The van der Waals surface area contributed by atoms with Gasteiger partial charge in [0.2, 0.25) is 15.3 Å². The normalized spacial score (nSPS) is 11.7. The van der Waals surface area contributed by atoms with Gasteiger partial charge in [0.1, 0.15) is 0 Å². The van der Waals surface area contributed by atoms with Crippen molar-refractivity contribution < 1.29 is 13.2 Å². The molecule has 2 aromatic carbocycles. The molecule has 0 bridgehead atoms. The van der Waals surface area contributed by atoms with E-state index in [1.807, 2.05) is 30.3 Å². The Bertz CT molecular complexity index is 786. The first-order chi connectivity index (χ1) is 10.5. The first-order valence-corrected chi connectivity index (χ1v) is 8.35. The van der Waals surface area contributed by atoms with Crippen LogP contribution in [-0.2, 0) is 21.4 Å². The highest BCUT2D eigenvalue weighted by Gasteiger charge is 2.13. The third kappa shape index (κ3) is 4.80. The molecule has 0 saturated heterocycles. The van der Waals surface area contributed by atoms with Crippen molar-refractivity contribution in [3.8, 4) is 0 Å². The van der Waals surface area contributed by atoms with Gasteiger partial charge >= 0.3 is 0 Å². The number of carbonyl (C=O) groups excluding carboxylic acids is 1. The van der Waals surface area contributed by atoms with E-state index in [2.05, 4.69) is 4.72 Å². The number of allylic oxidation sites excluding steroid dienone is 1. The third-order valence-corrected chi connectivity index (χ3v) is 4.41. The van der Waals surface area contributed by atoms with Crippen molar-refractivity contribution in [2.75, 3.05) is 0 Å². The standard InChI is InChI=1S/C16H14ClNO3S/c17-16(19)10-9-13-7-4-8-15(11-13)22(20,21)18-12-14-5-2-1-3-6-14/h1-11,18H,12H2. The van der Waals surface area contributed by atoms with E-state index in [9.17, 15) is 13.2 Å². The maximum atomic E-state index is 12.3. The average Bonchev–Trinajstić information content (AvgIpc) is 2.52. The van der Waals surface area contributed by atoms with Gasteiger partial charge in [-0.05, 0) is 40.9 Å². The van der Waals surface area contributed by atoms with Crippen molar-refractivity contribution in [1.29, 1.82) is 0 Å². The molecule has 0 fully saturated rings. The Labute approximate surface area is 134 Å². The predicted molar refractivity (Wildman–Crippen MR) is 86.8 cm³/mol. The molecule has 2 aromatic rings. The SMILES string of the molecule is O=C(Cl)C=Cc1cccc(S(=O)(=O)NCc2ccccc2)c1. The van der Waals surface area contributed by atoms with Gasteiger partial charge in [0, 0.05) is 6.54 Å². The highest BCUT2D eigenvalue weighted by molar-refractivity contribution is 7.89. The quantitative estimate of drug-likeness (QED) is 0.652. The van der Waals surface area contributed by atoms with Crippen LogP contribution < -0.4 is 4.72 Å². The number of hydrogen-bond acceptors (Lipinski definition) is 3. The summed E-state index contributed by atoms with van der Waals surface area (Å²) in [7, 11) is -3.62. The number of rotatable bonds is 6. The zero-order chi connectivity index (χ0) is 16.0. The molecule has 0 radical (unpaired) electrons. The van der Waals surface area contributed by atoms with Crippen molar-refractivity contribution in [3.05, 3.63) is 71.8 Å². The lowest BCUT2D eigenvalue weighted by molar-refractivity contribution is -0.107. The summed E-state index contributed by atoms with van der Waals surface area (Å²) in [6, 6.07) is 15.5. The lowest BCUT2D eigenvalue weighted by Gasteiger charge is -2.07. The van der Waals surface area contributed by atoms with Crippen molar-refractivity contribution >= 4 is 32.9 Å². The fourth-order valence-electron chi connectivity index (χ4n) is 1.80. The summed E-state index contributed by atoms with van der Waals surface area (Å²) in [4.78, 5) is 10.8. The summed E-state index contributed by atoms with van der Waals surface area (Å²) in [6.45, 7) is 0.212. The van der Waals surface area contributed by atoms with Crippen LogP contribution in [0.5, 0.6) is 0 Å². The Balaban J connectivity index is 2.15. The fourth-order valence-corrected chi connectivity index (χ4v) is 2.94. The number of nitrogens with one attached hydrogen (secondary N) is 1. The van der Waals surface area contributed by atoms with E-state index in [0.717, 1.165) is 5.56 Å². The second-order valence-corrected chi connectivity index (χ2v) is 6.66.